The van der Waals surface area contributed by atoms with Crippen molar-refractivity contribution in [1.29, 1.82) is 0 Å². The van der Waals surface area contributed by atoms with Crippen LogP contribution in [0.3, 0.4) is 0 Å². The number of nitrogens with one attached hydrogen (secondary N) is 2. The average molecular weight is 490 g/mol. The van der Waals surface area contributed by atoms with Crippen LogP contribution < -0.4 is 4.72 Å². The lowest BCUT2D eigenvalue weighted by atomic mass is 10.1. The second-order valence-corrected chi connectivity index (χ2v) is 10.0. The summed E-state index contributed by atoms with van der Waals surface area (Å²) in [6, 6.07) is 18.2. The summed E-state index contributed by atoms with van der Waals surface area (Å²) < 4.78 is 64.4. The number of fused-ring (bicyclic) bond motifs is 1. The molecule has 1 heterocycles. The number of thioether (sulfide) groups is 1. The maximum atomic E-state index is 12.5. The van der Waals surface area contributed by atoms with E-state index in [1.165, 1.54) is 19.2 Å². The molecule has 4 rings (SSSR count). The minimum Gasteiger partial charge on any atom is -0.338 e. The standard InChI is InChI=1S/C23H18F3N3O2S2/c1-27-33(30,31)21-5-3-2-4-18(21)16-9-12-19-20(14-16)29-22(28-19)13-8-15-6-10-17(11-7-15)32-23(24,25)26/h2-14,27H,1H3,(H,28,29)/b13-8+. The maximum absolute atomic E-state index is 12.5. The lowest BCUT2D eigenvalue weighted by Gasteiger charge is -2.09. The second-order valence-electron chi connectivity index (χ2n) is 7.01. The van der Waals surface area contributed by atoms with Crippen molar-refractivity contribution in [3.8, 4) is 11.1 Å². The summed E-state index contributed by atoms with van der Waals surface area (Å²) >= 11 is -0.154. The lowest BCUT2D eigenvalue weighted by molar-refractivity contribution is -0.0328. The minimum atomic E-state index is -4.32. The molecule has 0 atom stereocenters. The SMILES string of the molecule is CNS(=O)(=O)c1ccccc1-c1ccc2nc(/C=C/c3ccc(SC(F)(F)F)cc3)[nH]c2c1. The van der Waals surface area contributed by atoms with Crippen LogP contribution in [0.5, 0.6) is 0 Å². The summed E-state index contributed by atoms with van der Waals surface area (Å²) in [6.07, 6.45) is 3.47. The van der Waals surface area contributed by atoms with Crippen molar-refractivity contribution >= 4 is 45.0 Å². The van der Waals surface area contributed by atoms with Crippen molar-refractivity contribution < 1.29 is 21.6 Å². The fourth-order valence-corrected chi connectivity index (χ4v) is 4.77. The monoisotopic (exact) mass is 489 g/mol. The third kappa shape index (κ3) is 5.47. The van der Waals surface area contributed by atoms with Crippen LogP contribution >= 0.6 is 11.8 Å². The van der Waals surface area contributed by atoms with Gasteiger partial charge in [-0.1, -0.05) is 42.5 Å². The molecule has 2 N–H and O–H groups in total. The van der Waals surface area contributed by atoms with Gasteiger partial charge in [-0.15, -0.1) is 0 Å². The molecule has 0 unspecified atom stereocenters. The molecule has 0 radical (unpaired) electrons. The molecule has 10 heteroatoms. The van der Waals surface area contributed by atoms with E-state index in [0.29, 0.717) is 22.5 Å². The molecule has 0 fully saturated rings. The Morgan fingerprint density at radius 3 is 2.42 bits per heavy atom. The number of halogens is 3. The van der Waals surface area contributed by atoms with Gasteiger partial charge in [0.25, 0.3) is 0 Å². The first-order valence-corrected chi connectivity index (χ1v) is 12.0. The molecule has 5 nitrogen and oxygen atoms in total. The van der Waals surface area contributed by atoms with Crippen LogP contribution in [0.25, 0.3) is 34.3 Å². The zero-order valence-electron chi connectivity index (χ0n) is 17.2. The van der Waals surface area contributed by atoms with E-state index in [2.05, 4.69) is 14.7 Å². The van der Waals surface area contributed by atoms with Crippen molar-refractivity contribution in [1.82, 2.24) is 14.7 Å². The number of nitrogens with zero attached hydrogens (tertiary/aromatic N) is 1. The third-order valence-corrected chi connectivity index (χ3v) is 7.02. The van der Waals surface area contributed by atoms with Gasteiger partial charge in [0, 0.05) is 10.5 Å². The first kappa shape index (κ1) is 23.1. The van der Waals surface area contributed by atoms with Crippen LogP contribution in [0.4, 0.5) is 13.2 Å². The number of aromatic amines is 1. The van der Waals surface area contributed by atoms with Gasteiger partial charge in [-0.25, -0.2) is 18.1 Å². The molecule has 0 spiro atoms. The largest absolute Gasteiger partial charge is 0.446 e. The van der Waals surface area contributed by atoms with Gasteiger partial charge in [0.15, 0.2) is 0 Å². The van der Waals surface area contributed by atoms with E-state index in [9.17, 15) is 21.6 Å². The highest BCUT2D eigenvalue weighted by atomic mass is 32.2. The summed E-state index contributed by atoms with van der Waals surface area (Å²) in [5.41, 5.74) is -0.882. The Morgan fingerprint density at radius 2 is 1.73 bits per heavy atom. The van der Waals surface area contributed by atoms with Gasteiger partial charge in [-0.05, 0) is 66.3 Å². The molecule has 1 aromatic heterocycles. The molecule has 0 bridgehead atoms. The van der Waals surface area contributed by atoms with E-state index in [0.717, 1.165) is 11.1 Å². The Morgan fingerprint density at radius 1 is 1.00 bits per heavy atom. The number of hydrogen-bond acceptors (Lipinski definition) is 4. The first-order chi connectivity index (χ1) is 15.6. The summed E-state index contributed by atoms with van der Waals surface area (Å²) in [7, 11) is -2.26. The van der Waals surface area contributed by atoms with E-state index in [4.69, 9.17) is 0 Å². The topological polar surface area (TPSA) is 74.8 Å². The number of rotatable bonds is 6. The van der Waals surface area contributed by atoms with Gasteiger partial charge < -0.3 is 4.98 Å². The molecular weight excluding hydrogens is 471 g/mol. The molecule has 3 aromatic carbocycles. The van der Waals surface area contributed by atoms with E-state index in [1.807, 2.05) is 6.07 Å². The minimum absolute atomic E-state index is 0.122. The van der Waals surface area contributed by atoms with E-state index < -0.39 is 15.5 Å². The highest BCUT2D eigenvalue weighted by Crippen LogP contribution is 2.36. The number of aromatic nitrogens is 2. The van der Waals surface area contributed by atoms with E-state index in [1.54, 1.807) is 60.7 Å². The van der Waals surface area contributed by atoms with Gasteiger partial charge in [-0.3, -0.25) is 0 Å². The fraction of sp³-hybridized carbons (Fsp3) is 0.0870. The Hall–Kier alpha value is -3.08. The number of alkyl halides is 3. The van der Waals surface area contributed by atoms with Crippen molar-refractivity contribution in [2.75, 3.05) is 7.05 Å². The second kappa shape index (κ2) is 9.05. The first-order valence-electron chi connectivity index (χ1n) is 9.71. The van der Waals surface area contributed by atoms with Gasteiger partial charge in [-0.2, -0.15) is 13.2 Å². The number of imidazole rings is 1. The Bertz CT molecular complexity index is 1430. The zero-order valence-corrected chi connectivity index (χ0v) is 18.9. The molecule has 0 saturated heterocycles. The van der Waals surface area contributed by atoms with Crippen LogP contribution in [0, 0.1) is 0 Å². The van der Waals surface area contributed by atoms with Gasteiger partial charge in [0.1, 0.15) is 5.82 Å². The Kier molecular flexibility index (Phi) is 6.33. The third-order valence-electron chi connectivity index (χ3n) is 4.80. The predicted molar refractivity (Wildman–Crippen MR) is 125 cm³/mol. The molecule has 0 aliphatic heterocycles. The molecule has 0 saturated carbocycles. The highest BCUT2D eigenvalue weighted by molar-refractivity contribution is 8.00. The summed E-state index contributed by atoms with van der Waals surface area (Å²) in [6.45, 7) is 0. The predicted octanol–water partition coefficient (Wildman–Crippen LogP) is 5.92. The smallest absolute Gasteiger partial charge is 0.338 e. The number of sulfonamides is 1. The van der Waals surface area contributed by atoms with Crippen LogP contribution in [0.1, 0.15) is 11.4 Å². The molecule has 4 aromatic rings. The normalized spacial score (nSPS) is 12.6. The average Bonchev–Trinajstić information content (AvgIpc) is 3.20. The van der Waals surface area contributed by atoms with Gasteiger partial charge in [0.05, 0.1) is 15.9 Å². The van der Waals surface area contributed by atoms with E-state index >= 15 is 0 Å². The Balaban J connectivity index is 1.60. The van der Waals surface area contributed by atoms with Crippen molar-refractivity contribution in [2.45, 2.75) is 15.3 Å². The van der Waals surface area contributed by atoms with Gasteiger partial charge in [0.2, 0.25) is 10.0 Å². The number of benzene rings is 3. The number of H-pyrrole nitrogens is 1. The molecular formula is C23H18F3N3O2S2. The van der Waals surface area contributed by atoms with Crippen LogP contribution in [-0.4, -0.2) is 30.9 Å². The van der Waals surface area contributed by atoms with Crippen molar-refractivity contribution in [3.05, 3.63) is 78.1 Å². The lowest BCUT2D eigenvalue weighted by Crippen LogP contribution is -2.19. The zero-order chi connectivity index (χ0) is 23.6. The van der Waals surface area contributed by atoms with E-state index in [-0.39, 0.29) is 21.6 Å². The molecule has 0 amide bonds. The molecule has 0 aliphatic carbocycles. The summed E-state index contributed by atoms with van der Waals surface area (Å²) in [5, 5.41) is 0. The fourth-order valence-electron chi connectivity index (χ4n) is 3.28. The van der Waals surface area contributed by atoms with Crippen LogP contribution in [-0.2, 0) is 10.0 Å². The van der Waals surface area contributed by atoms with Gasteiger partial charge >= 0.3 is 5.51 Å². The Labute approximate surface area is 192 Å². The highest BCUT2D eigenvalue weighted by Gasteiger charge is 2.28. The molecule has 0 aliphatic rings. The van der Waals surface area contributed by atoms with Crippen LogP contribution in [0.2, 0.25) is 0 Å². The molecule has 170 valence electrons. The quantitative estimate of drug-likeness (QED) is 0.330. The van der Waals surface area contributed by atoms with Crippen molar-refractivity contribution in [3.63, 3.8) is 0 Å². The number of hydrogen-bond donors (Lipinski definition) is 2. The van der Waals surface area contributed by atoms with Crippen molar-refractivity contribution in [2.24, 2.45) is 0 Å². The maximum Gasteiger partial charge on any atom is 0.446 e. The summed E-state index contributed by atoms with van der Waals surface area (Å²) in [4.78, 5) is 7.97. The molecule has 33 heavy (non-hydrogen) atoms. The summed E-state index contributed by atoms with van der Waals surface area (Å²) in [5.74, 6) is 0.562. The van der Waals surface area contributed by atoms with Crippen LogP contribution in [0.15, 0.2) is 76.5 Å².